The molecule has 0 atom stereocenters. The summed E-state index contributed by atoms with van der Waals surface area (Å²) in [6, 6.07) is 9.52. The molecule has 0 saturated carbocycles. The van der Waals surface area contributed by atoms with Gasteiger partial charge in [0, 0.05) is 31.1 Å². The highest BCUT2D eigenvalue weighted by molar-refractivity contribution is 5.93. The quantitative estimate of drug-likeness (QED) is 0.272. The molecule has 0 bridgehead atoms. The molecule has 6 rings (SSSR count). The van der Waals surface area contributed by atoms with Crippen LogP contribution >= 0.6 is 0 Å². The van der Waals surface area contributed by atoms with Crippen molar-refractivity contribution < 1.29 is 18.3 Å². The van der Waals surface area contributed by atoms with Gasteiger partial charge in [-0.2, -0.15) is 19.8 Å². The molecule has 4 aromatic heterocycles. The number of nitrogens with zero attached hydrogens (tertiary/aromatic N) is 9. The molecule has 1 aromatic carbocycles. The summed E-state index contributed by atoms with van der Waals surface area (Å²) in [4.78, 5) is 21.6. The fourth-order valence-electron chi connectivity index (χ4n) is 5.59. The predicted octanol–water partition coefficient (Wildman–Crippen LogP) is 5.34. The van der Waals surface area contributed by atoms with Gasteiger partial charge in [-0.15, -0.1) is 0 Å². The van der Waals surface area contributed by atoms with Gasteiger partial charge in [-0.25, -0.2) is 18.6 Å². The van der Waals surface area contributed by atoms with Crippen LogP contribution in [0.25, 0.3) is 27.7 Å². The standard InChI is InChI=1S/C30H35F2N9O2/c1-17-11-21(37(7)34-17)14-40(28(42)43-29(4,5)6)25-13-24(39-15-30(31,32)16-39)33-27-26(19(3)36-41(25)27)20-9-10-23-22(12-20)18(2)35-38(23)8/h9-13H,14-16H2,1-8H3. The number of rotatable bonds is 5. The molecule has 11 nitrogen and oxygen atoms in total. The summed E-state index contributed by atoms with van der Waals surface area (Å²) in [5.41, 5.74) is 5.33. The van der Waals surface area contributed by atoms with Crippen LogP contribution in [0.3, 0.4) is 0 Å². The minimum Gasteiger partial charge on any atom is -0.443 e. The van der Waals surface area contributed by atoms with Gasteiger partial charge in [0.15, 0.2) is 5.65 Å². The normalized spacial score (nSPS) is 14.9. The van der Waals surface area contributed by atoms with Gasteiger partial charge in [-0.05, 0) is 65.3 Å². The second kappa shape index (κ2) is 9.75. The Kier molecular flexibility index (Phi) is 6.47. The van der Waals surface area contributed by atoms with E-state index in [1.54, 1.807) is 43.1 Å². The molecule has 1 amide bonds. The lowest BCUT2D eigenvalue weighted by molar-refractivity contribution is -0.0267. The predicted molar refractivity (Wildman–Crippen MR) is 160 cm³/mol. The van der Waals surface area contributed by atoms with E-state index in [-0.39, 0.29) is 6.54 Å². The SMILES string of the molecule is Cc1cc(CN(C(=O)OC(C)(C)C)c2cc(N3CC(F)(F)C3)nc3c(-c4ccc5c(c4)c(C)nn5C)c(C)nn23)n(C)n1. The van der Waals surface area contributed by atoms with Gasteiger partial charge in [0.25, 0.3) is 5.92 Å². The number of amides is 1. The van der Waals surface area contributed by atoms with E-state index < -0.39 is 30.7 Å². The minimum atomic E-state index is -2.81. The number of ether oxygens (including phenoxy) is 1. The average Bonchev–Trinajstić information content (AvgIpc) is 3.49. The Morgan fingerprint density at radius 1 is 1.00 bits per heavy atom. The number of anilines is 2. The van der Waals surface area contributed by atoms with Crippen LogP contribution in [0.2, 0.25) is 0 Å². The van der Waals surface area contributed by atoms with Crippen LogP contribution in [-0.2, 0) is 25.4 Å². The number of aryl methyl sites for hydroxylation is 5. The van der Waals surface area contributed by atoms with Gasteiger partial charge in [0.1, 0.15) is 17.2 Å². The number of hydrogen-bond acceptors (Lipinski definition) is 7. The van der Waals surface area contributed by atoms with E-state index in [2.05, 4.69) is 10.2 Å². The number of carbonyl (C=O) groups excluding carboxylic acids is 1. The first-order valence-electron chi connectivity index (χ1n) is 14.1. The van der Waals surface area contributed by atoms with Gasteiger partial charge in [0.05, 0.1) is 47.9 Å². The molecule has 1 saturated heterocycles. The largest absolute Gasteiger partial charge is 0.443 e. The molecule has 13 heteroatoms. The first-order chi connectivity index (χ1) is 20.1. The molecule has 0 radical (unpaired) electrons. The first-order valence-corrected chi connectivity index (χ1v) is 14.1. The highest BCUT2D eigenvalue weighted by Gasteiger charge is 2.45. The Labute approximate surface area is 247 Å². The van der Waals surface area contributed by atoms with Crippen LogP contribution in [-0.4, -0.2) is 64.9 Å². The van der Waals surface area contributed by atoms with E-state index in [9.17, 15) is 13.6 Å². The molecular formula is C30H35F2N9O2. The second-order valence-electron chi connectivity index (χ2n) is 12.3. The third-order valence-corrected chi connectivity index (χ3v) is 7.53. The first kappa shape index (κ1) is 28.6. The molecule has 1 aliphatic heterocycles. The van der Waals surface area contributed by atoms with Crippen LogP contribution in [0.15, 0.2) is 30.3 Å². The highest BCUT2D eigenvalue weighted by Crippen LogP contribution is 2.37. The lowest BCUT2D eigenvalue weighted by Gasteiger charge is -2.40. The maximum atomic E-state index is 14.0. The zero-order chi connectivity index (χ0) is 31.0. The molecule has 5 heterocycles. The lowest BCUT2D eigenvalue weighted by Crippen LogP contribution is -2.56. The smallest absolute Gasteiger partial charge is 0.416 e. The summed E-state index contributed by atoms with van der Waals surface area (Å²) >= 11 is 0. The molecule has 0 spiro atoms. The van der Waals surface area contributed by atoms with Crippen LogP contribution < -0.4 is 9.80 Å². The summed E-state index contributed by atoms with van der Waals surface area (Å²) in [7, 11) is 3.70. The average molecular weight is 592 g/mol. The van der Waals surface area contributed by atoms with Gasteiger partial charge >= 0.3 is 6.09 Å². The number of hydrogen-bond donors (Lipinski definition) is 0. The van der Waals surface area contributed by atoms with Crippen molar-refractivity contribution in [3.05, 3.63) is 53.1 Å². The van der Waals surface area contributed by atoms with E-state index in [1.807, 2.05) is 56.8 Å². The fraction of sp³-hybridized carbons (Fsp3) is 0.433. The van der Waals surface area contributed by atoms with E-state index in [0.29, 0.717) is 23.0 Å². The van der Waals surface area contributed by atoms with Crippen LogP contribution in [0, 0.1) is 20.8 Å². The molecule has 5 aromatic rings. The summed E-state index contributed by atoms with van der Waals surface area (Å²) in [5, 5.41) is 14.8. The second-order valence-corrected chi connectivity index (χ2v) is 12.3. The maximum Gasteiger partial charge on any atom is 0.416 e. The van der Waals surface area contributed by atoms with E-state index in [0.717, 1.165) is 39.1 Å². The minimum absolute atomic E-state index is 0.107. The number of carbonyl (C=O) groups is 1. The van der Waals surface area contributed by atoms with Gasteiger partial charge in [-0.1, -0.05) is 6.07 Å². The lowest BCUT2D eigenvalue weighted by atomic mass is 10.0. The van der Waals surface area contributed by atoms with E-state index in [4.69, 9.17) is 14.8 Å². The molecule has 43 heavy (non-hydrogen) atoms. The molecule has 0 unspecified atom stereocenters. The van der Waals surface area contributed by atoms with Crippen molar-refractivity contribution in [3.8, 4) is 11.1 Å². The molecule has 0 N–H and O–H groups in total. The van der Waals surface area contributed by atoms with Crippen molar-refractivity contribution in [2.24, 2.45) is 14.1 Å². The summed E-state index contributed by atoms with van der Waals surface area (Å²) in [6.07, 6.45) is -0.610. The van der Waals surface area contributed by atoms with Crippen molar-refractivity contribution in [2.45, 2.75) is 59.6 Å². The Bertz CT molecular complexity index is 1890. The van der Waals surface area contributed by atoms with Crippen molar-refractivity contribution in [2.75, 3.05) is 22.9 Å². The topological polar surface area (TPSA) is 98.6 Å². The number of halogens is 2. The monoisotopic (exact) mass is 591 g/mol. The number of aromatic nitrogens is 7. The van der Waals surface area contributed by atoms with Crippen LogP contribution in [0.5, 0.6) is 0 Å². The molecule has 1 aliphatic rings. The summed E-state index contributed by atoms with van der Waals surface area (Å²) < 4.78 is 39.0. The van der Waals surface area contributed by atoms with Crippen LogP contribution in [0.1, 0.15) is 43.5 Å². The molecular weight excluding hydrogens is 556 g/mol. The Morgan fingerprint density at radius 3 is 2.35 bits per heavy atom. The van der Waals surface area contributed by atoms with Crippen molar-refractivity contribution in [1.29, 1.82) is 0 Å². The number of alkyl halides is 2. The number of benzene rings is 1. The van der Waals surface area contributed by atoms with Gasteiger partial charge in [-0.3, -0.25) is 14.3 Å². The van der Waals surface area contributed by atoms with Gasteiger partial charge < -0.3 is 9.64 Å². The van der Waals surface area contributed by atoms with Crippen LogP contribution in [0.4, 0.5) is 25.2 Å². The van der Waals surface area contributed by atoms with Gasteiger partial charge in [0.2, 0.25) is 0 Å². The van der Waals surface area contributed by atoms with E-state index in [1.165, 1.54) is 9.80 Å². The molecule has 226 valence electrons. The maximum absolute atomic E-state index is 14.0. The Hall–Kier alpha value is -4.55. The van der Waals surface area contributed by atoms with E-state index >= 15 is 0 Å². The Morgan fingerprint density at radius 2 is 1.72 bits per heavy atom. The fourth-order valence-corrected chi connectivity index (χ4v) is 5.59. The number of fused-ring (bicyclic) bond motifs is 2. The van der Waals surface area contributed by atoms with Crippen molar-refractivity contribution >= 4 is 34.3 Å². The zero-order valence-electron chi connectivity index (χ0n) is 25.6. The summed E-state index contributed by atoms with van der Waals surface area (Å²) in [6.45, 7) is 10.2. The molecule has 0 aliphatic carbocycles. The highest BCUT2D eigenvalue weighted by atomic mass is 19.3. The van der Waals surface area contributed by atoms with Crippen molar-refractivity contribution in [1.82, 2.24) is 34.2 Å². The Balaban J connectivity index is 1.58. The third-order valence-electron chi connectivity index (χ3n) is 7.53. The molecule has 1 fully saturated rings. The van der Waals surface area contributed by atoms with Crippen molar-refractivity contribution in [3.63, 3.8) is 0 Å². The third kappa shape index (κ3) is 5.17. The zero-order valence-corrected chi connectivity index (χ0v) is 25.6. The summed E-state index contributed by atoms with van der Waals surface area (Å²) in [5.74, 6) is -2.15.